The molecule has 1 atom stereocenters. The van der Waals surface area contributed by atoms with Crippen LogP contribution in [0.5, 0.6) is 5.75 Å². The topological polar surface area (TPSA) is 161 Å². The van der Waals surface area contributed by atoms with E-state index in [1.807, 2.05) is 47.4 Å². The number of piperazine rings is 1. The van der Waals surface area contributed by atoms with Crippen LogP contribution in [0.15, 0.2) is 79.0 Å². The first-order valence-corrected chi connectivity index (χ1v) is 18.9. The largest absolute Gasteiger partial charge is 0.495 e. The normalized spacial score (nSPS) is 18.0. The quantitative estimate of drug-likeness (QED) is 0.152. The van der Waals surface area contributed by atoms with Gasteiger partial charge in [-0.2, -0.15) is 4.98 Å². The van der Waals surface area contributed by atoms with Crippen LogP contribution in [-0.2, 0) is 14.4 Å². The monoisotopic (exact) mass is 765 g/mol. The van der Waals surface area contributed by atoms with Gasteiger partial charge in [-0.3, -0.25) is 29.4 Å². The smallest absolute Gasteiger partial charge is 0.254 e. The number of likely N-dealkylation sites (tertiary alicyclic amines) is 1. The first kappa shape index (κ1) is 37.6. The number of hydrogen-bond acceptors (Lipinski definition) is 11. The third-order valence-electron chi connectivity index (χ3n) is 10.3. The number of benzene rings is 3. The maximum atomic E-state index is 13.5. The molecule has 1 unspecified atom stereocenters. The predicted molar refractivity (Wildman–Crippen MR) is 210 cm³/mol. The molecule has 7 rings (SSSR count). The van der Waals surface area contributed by atoms with Crippen molar-refractivity contribution in [2.75, 3.05) is 68.9 Å². The molecule has 4 amide bonds. The molecule has 3 fully saturated rings. The van der Waals surface area contributed by atoms with Crippen LogP contribution in [0.3, 0.4) is 0 Å². The summed E-state index contributed by atoms with van der Waals surface area (Å²) in [7, 11) is 1.54. The van der Waals surface area contributed by atoms with Gasteiger partial charge >= 0.3 is 0 Å². The van der Waals surface area contributed by atoms with Gasteiger partial charge in [0.1, 0.15) is 16.8 Å². The van der Waals surface area contributed by atoms with Crippen LogP contribution in [-0.4, -0.2) is 107 Å². The summed E-state index contributed by atoms with van der Waals surface area (Å²) >= 11 is 6.34. The van der Waals surface area contributed by atoms with Gasteiger partial charge in [-0.15, -0.1) is 0 Å². The molecule has 4 heterocycles. The molecular weight excluding hydrogens is 722 g/mol. The number of carbonyl (C=O) groups excluding carboxylic acids is 4. The lowest BCUT2D eigenvalue weighted by atomic mass is 9.89. The number of nitrogens with one attached hydrogen (secondary N) is 4. The number of rotatable bonds is 11. The zero-order valence-corrected chi connectivity index (χ0v) is 31.3. The van der Waals surface area contributed by atoms with E-state index in [4.69, 9.17) is 16.3 Å². The summed E-state index contributed by atoms with van der Waals surface area (Å²) in [5, 5.41) is 12.3. The molecule has 1 aromatic heterocycles. The second kappa shape index (κ2) is 17.2. The summed E-state index contributed by atoms with van der Waals surface area (Å²) in [5.41, 5.74) is 3.99. The summed E-state index contributed by atoms with van der Waals surface area (Å²) in [5.74, 6) is 1.05. The van der Waals surface area contributed by atoms with E-state index in [2.05, 4.69) is 48.3 Å². The highest BCUT2D eigenvalue weighted by molar-refractivity contribution is 6.32. The van der Waals surface area contributed by atoms with Gasteiger partial charge in [0.05, 0.1) is 25.5 Å². The van der Waals surface area contributed by atoms with Gasteiger partial charge in [0, 0.05) is 49.5 Å². The summed E-state index contributed by atoms with van der Waals surface area (Å²) in [6, 6.07) is 22.5. The molecular formula is C40H44ClN9O5. The first-order chi connectivity index (χ1) is 26.7. The number of aromatic nitrogens is 2. The van der Waals surface area contributed by atoms with Crippen LogP contribution in [0.25, 0.3) is 0 Å². The molecule has 0 bridgehead atoms. The Kier molecular flexibility index (Phi) is 11.7. The number of carbonyl (C=O) groups is 4. The van der Waals surface area contributed by atoms with Crippen LogP contribution in [0, 0.1) is 0 Å². The van der Waals surface area contributed by atoms with E-state index in [1.165, 1.54) is 18.9 Å². The van der Waals surface area contributed by atoms with E-state index in [1.54, 1.807) is 23.1 Å². The van der Waals surface area contributed by atoms with Crippen molar-refractivity contribution in [1.29, 1.82) is 0 Å². The van der Waals surface area contributed by atoms with E-state index in [-0.39, 0.29) is 23.6 Å². The molecule has 3 aliphatic heterocycles. The Morgan fingerprint density at radius 3 is 2.31 bits per heavy atom. The lowest BCUT2D eigenvalue weighted by molar-refractivity contribution is -0.135. The van der Waals surface area contributed by atoms with E-state index in [0.29, 0.717) is 85.3 Å². The average Bonchev–Trinajstić information content (AvgIpc) is 3.21. The molecule has 3 aromatic carbocycles. The Morgan fingerprint density at radius 2 is 1.60 bits per heavy atom. The molecule has 14 nitrogen and oxygen atoms in total. The molecule has 3 saturated heterocycles. The lowest BCUT2D eigenvalue weighted by Crippen LogP contribution is -2.53. The summed E-state index contributed by atoms with van der Waals surface area (Å²) < 4.78 is 5.62. The zero-order valence-electron chi connectivity index (χ0n) is 30.6. The maximum absolute atomic E-state index is 13.5. The number of amides is 4. The number of piperidine rings is 2. The van der Waals surface area contributed by atoms with Crippen LogP contribution in [0.1, 0.15) is 47.5 Å². The Balaban J connectivity index is 0.861. The number of hydrogen-bond donors (Lipinski definition) is 4. The Hall–Kier alpha value is -5.73. The molecule has 15 heteroatoms. The van der Waals surface area contributed by atoms with Crippen molar-refractivity contribution >= 4 is 64.1 Å². The minimum absolute atomic E-state index is 0.0815. The molecule has 286 valence electrons. The summed E-state index contributed by atoms with van der Waals surface area (Å²) in [4.78, 5) is 65.0. The fraction of sp³-hybridized carbons (Fsp3) is 0.350. The van der Waals surface area contributed by atoms with Crippen molar-refractivity contribution < 1.29 is 23.9 Å². The molecule has 55 heavy (non-hydrogen) atoms. The van der Waals surface area contributed by atoms with E-state index >= 15 is 0 Å². The van der Waals surface area contributed by atoms with E-state index < -0.39 is 6.04 Å². The first-order valence-electron chi connectivity index (χ1n) is 18.5. The van der Waals surface area contributed by atoms with Gasteiger partial charge in [-0.25, -0.2) is 4.98 Å². The Morgan fingerprint density at radius 1 is 0.873 bits per heavy atom. The number of halogens is 1. The fourth-order valence-corrected chi connectivity index (χ4v) is 7.30. The number of anilines is 5. The second-order valence-electron chi connectivity index (χ2n) is 13.9. The minimum atomic E-state index is -0.408. The third kappa shape index (κ3) is 9.33. The Labute approximate surface area is 324 Å². The maximum Gasteiger partial charge on any atom is 0.254 e. The predicted octanol–water partition coefficient (Wildman–Crippen LogP) is 5.01. The molecule has 0 saturated carbocycles. The summed E-state index contributed by atoms with van der Waals surface area (Å²) in [6.45, 7) is 3.86. The Bertz CT molecular complexity index is 2020. The lowest BCUT2D eigenvalue weighted by Gasteiger charge is -2.37. The van der Waals surface area contributed by atoms with E-state index in [0.717, 1.165) is 37.3 Å². The number of imide groups is 1. The average molecular weight is 766 g/mol. The van der Waals surface area contributed by atoms with Crippen molar-refractivity contribution in [2.24, 2.45) is 0 Å². The molecule has 3 aliphatic rings. The molecule has 4 aromatic rings. The van der Waals surface area contributed by atoms with Gasteiger partial charge in [-0.05, 0) is 86.3 Å². The minimum Gasteiger partial charge on any atom is -0.495 e. The van der Waals surface area contributed by atoms with Gasteiger partial charge in [0.15, 0.2) is 5.82 Å². The van der Waals surface area contributed by atoms with Crippen LogP contribution in [0.2, 0.25) is 5.02 Å². The standard InChI is InChI=1S/C40H44ClN9O5/c1-55-34-23-28(9-12-32(34)45-40-42-24-31(41)37(47-40)44-29-5-3-2-4-6-29)39(54)50-21-19-49(20-22-50)36(52)25-48-17-15-27(16-18-48)26-7-10-30(11-8-26)43-33-13-14-35(51)46-38(33)53/h2-12,23-24,27,33,43H,13-22,25H2,1H3,(H,46,51,53)(H2,42,44,45,47). The van der Waals surface area contributed by atoms with Crippen LogP contribution >= 0.6 is 11.6 Å². The van der Waals surface area contributed by atoms with Crippen molar-refractivity contribution in [2.45, 2.75) is 37.6 Å². The number of nitrogens with zero attached hydrogens (tertiary/aromatic N) is 5. The van der Waals surface area contributed by atoms with Crippen molar-refractivity contribution in [3.05, 3.63) is 95.1 Å². The third-order valence-corrected chi connectivity index (χ3v) is 10.6. The van der Waals surface area contributed by atoms with Gasteiger partial charge < -0.3 is 30.5 Å². The van der Waals surface area contributed by atoms with Crippen molar-refractivity contribution in [3.8, 4) is 5.75 Å². The molecule has 0 radical (unpaired) electrons. The number of methoxy groups -OCH3 is 1. The van der Waals surface area contributed by atoms with E-state index in [9.17, 15) is 19.2 Å². The fourth-order valence-electron chi connectivity index (χ4n) is 7.16. The van der Waals surface area contributed by atoms with Crippen molar-refractivity contribution in [3.63, 3.8) is 0 Å². The highest BCUT2D eigenvalue weighted by Crippen LogP contribution is 2.31. The zero-order chi connectivity index (χ0) is 38.3. The number of ether oxygens (including phenoxy) is 1. The molecule has 4 N–H and O–H groups in total. The van der Waals surface area contributed by atoms with Gasteiger partial charge in [0.2, 0.25) is 23.7 Å². The van der Waals surface area contributed by atoms with Gasteiger partial charge in [0.25, 0.3) is 5.91 Å². The summed E-state index contributed by atoms with van der Waals surface area (Å²) in [6.07, 6.45) is 4.23. The SMILES string of the molecule is COc1cc(C(=O)N2CCN(C(=O)CN3CCC(c4ccc(NC5CCC(=O)NC5=O)cc4)CC3)CC2)ccc1Nc1ncc(Cl)c(Nc2ccccc2)n1. The van der Waals surface area contributed by atoms with Crippen LogP contribution < -0.4 is 26.0 Å². The van der Waals surface area contributed by atoms with Crippen LogP contribution in [0.4, 0.5) is 28.8 Å². The highest BCUT2D eigenvalue weighted by atomic mass is 35.5. The second-order valence-corrected chi connectivity index (χ2v) is 14.3. The molecule has 0 spiro atoms. The van der Waals surface area contributed by atoms with Crippen molar-refractivity contribution in [1.82, 2.24) is 30.0 Å². The van der Waals surface area contributed by atoms with Gasteiger partial charge in [-0.1, -0.05) is 41.9 Å². The molecule has 0 aliphatic carbocycles. The number of para-hydroxylation sites is 1. The highest BCUT2D eigenvalue weighted by Gasteiger charge is 2.29.